The molecule has 2 aliphatic heterocycles. The van der Waals surface area contributed by atoms with Crippen molar-refractivity contribution in [2.45, 2.75) is 18.9 Å². The Bertz CT molecular complexity index is 728. The van der Waals surface area contributed by atoms with Gasteiger partial charge < -0.3 is 9.64 Å². The van der Waals surface area contributed by atoms with E-state index in [1.54, 1.807) is 12.3 Å². The zero-order chi connectivity index (χ0) is 15.6. The van der Waals surface area contributed by atoms with Crippen LogP contribution in [0.25, 0.3) is 0 Å². The molecule has 1 unspecified atom stereocenters. The summed E-state index contributed by atoms with van der Waals surface area (Å²) < 4.78 is 6.00. The second-order valence-electron chi connectivity index (χ2n) is 5.80. The zero-order valence-corrected chi connectivity index (χ0v) is 13.6. The third-order valence-electron chi connectivity index (χ3n) is 4.30. The van der Waals surface area contributed by atoms with E-state index in [0.29, 0.717) is 18.0 Å². The van der Waals surface area contributed by atoms with Gasteiger partial charge in [-0.05, 0) is 42.4 Å². The minimum absolute atomic E-state index is 0.0244. The van der Waals surface area contributed by atoms with Gasteiger partial charge in [-0.1, -0.05) is 18.2 Å². The summed E-state index contributed by atoms with van der Waals surface area (Å²) in [6.07, 6.45) is 3.76. The lowest BCUT2D eigenvalue weighted by Gasteiger charge is -2.20. The molecule has 4 nitrogen and oxygen atoms in total. The van der Waals surface area contributed by atoms with Crippen molar-refractivity contribution in [3.8, 4) is 5.88 Å². The predicted molar refractivity (Wildman–Crippen MR) is 92.4 cm³/mol. The third-order valence-corrected chi connectivity index (χ3v) is 5.43. The number of benzene rings is 1. The van der Waals surface area contributed by atoms with Crippen LogP contribution in [0.1, 0.15) is 22.3 Å². The lowest BCUT2D eigenvalue weighted by atomic mass is 10.2. The van der Waals surface area contributed by atoms with Crippen LogP contribution in [0, 0.1) is 0 Å². The number of rotatable bonds is 3. The van der Waals surface area contributed by atoms with Gasteiger partial charge in [0.1, 0.15) is 11.7 Å². The highest BCUT2D eigenvalue weighted by molar-refractivity contribution is 7.99. The Morgan fingerprint density at radius 1 is 1.26 bits per heavy atom. The number of anilines is 1. The molecule has 3 heterocycles. The summed E-state index contributed by atoms with van der Waals surface area (Å²) in [5, 5.41) is 0. The Labute approximate surface area is 139 Å². The highest BCUT2D eigenvalue weighted by Gasteiger charge is 2.28. The maximum atomic E-state index is 13.0. The Balaban J connectivity index is 1.62. The maximum Gasteiger partial charge on any atom is 0.263 e. The van der Waals surface area contributed by atoms with E-state index in [-0.39, 0.29) is 12.0 Å². The number of ether oxygens (including phenoxy) is 1. The van der Waals surface area contributed by atoms with Crippen LogP contribution >= 0.6 is 11.8 Å². The standard InChI is InChI=1S/C18H18N2O2S/c21-18(20-10-7-13-4-1-2-6-16(13)20)15-5-3-9-19-17(15)22-14-8-11-23-12-14/h1-6,9,14H,7-8,10-12H2. The van der Waals surface area contributed by atoms with E-state index in [0.717, 1.165) is 30.0 Å². The van der Waals surface area contributed by atoms with E-state index in [9.17, 15) is 4.79 Å². The second-order valence-corrected chi connectivity index (χ2v) is 6.94. The van der Waals surface area contributed by atoms with Crippen molar-refractivity contribution < 1.29 is 9.53 Å². The number of fused-ring (bicyclic) bond motifs is 1. The Morgan fingerprint density at radius 2 is 2.17 bits per heavy atom. The average molecular weight is 326 g/mol. The van der Waals surface area contributed by atoms with Crippen LogP contribution in [-0.4, -0.2) is 35.0 Å². The Morgan fingerprint density at radius 3 is 3.04 bits per heavy atom. The summed E-state index contributed by atoms with van der Waals surface area (Å²) >= 11 is 1.88. The van der Waals surface area contributed by atoms with Crippen LogP contribution in [0.5, 0.6) is 5.88 Å². The first-order valence-corrected chi connectivity index (χ1v) is 9.07. The number of carbonyl (C=O) groups is 1. The van der Waals surface area contributed by atoms with Crippen molar-refractivity contribution in [1.29, 1.82) is 0 Å². The molecule has 1 amide bonds. The van der Waals surface area contributed by atoms with Crippen molar-refractivity contribution in [3.05, 3.63) is 53.7 Å². The largest absolute Gasteiger partial charge is 0.473 e. The number of thioether (sulfide) groups is 1. The van der Waals surface area contributed by atoms with Gasteiger partial charge >= 0.3 is 0 Å². The molecule has 1 fully saturated rings. The van der Waals surface area contributed by atoms with Crippen molar-refractivity contribution in [3.63, 3.8) is 0 Å². The minimum Gasteiger partial charge on any atom is -0.473 e. The van der Waals surface area contributed by atoms with Gasteiger partial charge in [0.05, 0.1) is 0 Å². The van der Waals surface area contributed by atoms with Gasteiger partial charge in [-0.2, -0.15) is 11.8 Å². The van der Waals surface area contributed by atoms with Gasteiger partial charge in [-0.15, -0.1) is 0 Å². The van der Waals surface area contributed by atoms with Gasteiger partial charge in [0.2, 0.25) is 5.88 Å². The molecule has 5 heteroatoms. The summed E-state index contributed by atoms with van der Waals surface area (Å²) in [6, 6.07) is 11.7. The fourth-order valence-electron chi connectivity index (χ4n) is 3.11. The Hall–Kier alpha value is -2.01. The highest BCUT2D eigenvalue weighted by Crippen LogP contribution is 2.31. The highest BCUT2D eigenvalue weighted by atomic mass is 32.2. The van der Waals surface area contributed by atoms with Gasteiger partial charge in [0.25, 0.3) is 5.91 Å². The van der Waals surface area contributed by atoms with E-state index in [1.807, 2.05) is 40.9 Å². The van der Waals surface area contributed by atoms with Gasteiger partial charge in [-0.25, -0.2) is 4.98 Å². The van der Waals surface area contributed by atoms with Crippen LogP contribution in [0.2, 0.25) is 0 Å². The first-order chi connectivity index (χ1) is 11.3. The number of hydrogen-bond acceptors (Lipinski definition) is 4. The molecule has 1 saturated heterocycles. The molecule has 1 aromatic heterocycles. The molecule has 4 rings (SSSR count). The van der Waals surface area contributed by atoms with Gasteiger partial charge in [-0.3, -0.25) is 4.79 Å². The van der Waals surface area contributed by atoms with Crippen LogP contribution in [-0.2, 0) is 6.42 Å². The molecule has 2 aliphatic rings. The SMILES string of the molecule is O=C(c1cccnc1OC1CCSC1)N1CCc2ccccc21. The lowest BCUT2D eigenvalue weighted by molar-refractivity contribution is 0.0981. The fraction of sp³-hybridized carbons (Fsp3) is 0.333. The maximum absolute atomic E-state index is 13.0. The minimum atomic E-state index is -0.0244. The summed E-state index contributed by atoms with van der Waals surface area (Å²) in [7, 11) is 0. The number of carbonyl (C=O) groups excluding carboxylic acids is 1. The summed E-state index contributed by atoms with van der Waals surface area (Å²) in [4.78, 5) is 19.2. The van der Waals surface area contributed by atoms with Crippen molar-refractivity contribution in [1.82, 2.24) is 4.98 Å². The molecule has 23 heavy (non-hydrogen) atoms. The normalized spacial score (nSPS) is 19.7. The van der Waals surface area contributed by atoms with E-state index >= 15 is 0 Å². The third kappa shape index (κ3) is 2.81. The number of para-hydroxylation sites is 1. The number of amides is 1. The number of hydrogen-bond donors (Lipinski definition) is 0. The van der Waals surface area contributed by atoms with Crippen LogP contribution in [0.15, 0.2) is 42.6 Å². The molecule has 0 bridgehead atoms. The number of nitrogens with zero attached hydrogens (tertiary/aromatic N) is 2. The molecular weight excluding hydrogens is 308 g/mol. The number of aromatic nitrogens is 1. The average Bonchev–Trinajstić information content (AvgIpc) is 3.24. The lowest BCUT2D eigenvalue weighted by Crippen LogP contribution is -2.30. The van der Waals surface area contributed by atoms with Crippen LogP contribution < -0.4 is 9.64 Å². The monoisotopic (exact) mass is 326 g/mol. The molecule has 118 valence electrons. The smallest absolute Gasteiger partial charge is 0.263 e. The molecule has 1 atom stereocenters. The zero-order valence-electron chi connectivity index (χ0n) is 12.8. The molecule has 0 radical (unpaired) electrons. The van der Waals surface area contributed by atoms with Crippen LogP contribution in [0.3, 0.4) is 0 Å². The van der Waals surface area contributed by atoms with Crippen molar-refractivity contribution in [2.75, 3.05) is 23.0 Å². The van der Waals surface area contributed by atoms with E-state index < -0.39 is 0 Å². The first-order valence-electron chi connectivity index (χ1n) is 7.92. The Kier molecular flexibility index (Phi) is 3.95. The summed E-state index contributed by atoms with van der Waals surface area (Å²) in [6.45, 7) is 0.714. The predicted octanol–water partition coefficient (Wildman–Crippen LogP) is 3.17. The van der Waals surface area contributed by atoms with Crippen LogP contribution in [0.4, 0.5) is 5.69 Å². The molecule has 1 aromatic carbocycles. The van der Waals surface area contributed by atoms with Gasteiger partial charge in [0.15, 0.2) is 0 Å². The molecule has 0 spiro atoms. The summed E-state index contributed by atoms with van der Waals surface area (Å²) in [5.74, 6) is 2.52. The van der Waals surface area contributed by atoms with Crippen molar-refractivity contribution >= 4 is 23.4 Å². The van der Waals surface area contributed by atoms with E-state index in [4.69, 9.17) is 4.74 Å². The summed E-state index contributed by atoms with van der Waals surface area (Å²) in [5.41, 5.74) is 2.78. The topological polar surface area (TPSA) is 42.4 Å². The molecule has 0 aliphatic carbocycles. The molecular formula is C18H18N2O2S. The molecule has 0 saturated carbocycles. The first kappa shape index (κ1) is 14.6. The molecule has 2 aromatic rings. The quantitative estimate of drug-likeness (QED) is 0.869. The number of pyridine rings is 1. The second kappa shape index (κ2) is 6.24. The van der Waals surface area contributed by atoms with E-state index in [1.165, 1.54) is 5.56 Å². The van der Waals surface area contributed by atoms with Gasteiger partial charge in [0, 0.05) is 24.2 Å². The van der Waals surface area contributed by atoms with Crippen molar-refractivity contribution in [2.24, 2.45) is 0 Å². The fourth-order valence-corrected chi connectivity index (χ4v) is 4.20. The molecule has 0 N–H and O–H groups in total. The van der Waals surface area contributed by atoms with E-state index in [2.05, 4.69) is 11.1 Å².